The van der Waals surface area contributed by atoms with Crippen LogP contribution in [0.4, 0.5) is 10.5 Å². The lowest BCUT2D eigenvalue weighted by Gasteiger charge is -2.36. The lowest BCUT2D eigenvalue weighted by atomic mass is 10.1. The smallest absolute Gasteiger partial charge is 0.410 e. The first kappa shape index (κ1) is 17.1. The summed E-state index contributed by atoms with van der Waals surface area (Å²) in [5.41, 5.74) is 6.87. The summed E-state index contributed by atoms with van der Waals surface area (Å²) < 4.78 is 10.8. The molecule has 0 radical (unpaired) electrons. The Hall–Kier alpha value is -2.70. The van der Waals surface area contributed by atoms with Crippen LogP contribution in [0.1, 0.15) is 31.1 Å². The number of hydrogen-bond acceptors (Lipinski definition) is 5. The molecule has 1 aromatic carbocycles. The van der Waals surface area contributed by atoms with Gasteiger partial charge >= 0.3 is 6.09 Å². The van der Waals surface area contributed by atoms with Crippen LogP contribution in [0, 0.1) is 0 Å². The topological polar surface area (TPSA) is 89.0 Å². The van der Waals surface area contributed by atoms with E-state index in [0.29, 0.717) is 42.7 Å². The van der Waals surface area contributed by atoms with Gasteiger partial charge in [-0.1, -0.05) is 0 Å². The van der Waals surface area contributed by atoms with Crippen molar-refractivity contribution < 1.29 is 18.7 Å². The summed E-state index contributed by atoms with van der Waals surface area (Å²) in [4.78, 5) is 27.5. The number of rotatable bonds is 2. The van der Waals surface area contributed by atoms with E-state index in [9.17, 15) is 9.59 Å². The second kappa shape index (κ2) is 6.31. The van der Waals surface area contributed by atoms with E-state index >= 15 is 0 Å². The van der Waals surface area contributed by atoms with Crippen LogP contribution in [-0.2, 0) is 4.74 Å². The first-order chi connectivity index (χ1) is 11.7. The zero-order valence-electron chi connectivity index (χ0n) is 14.7. The van der Waals surface area contributed by atoms with Crippen LogP contribution < -0.4 is 10.6 Å². The Morgan fingerprint density at radius 2 is 1.84 bits per heavy atom. The Labute approximate surface area is 146 Å². The maximum atomic E-state index is 12.1. The normalized spacial score (nSPS) is 15.5. The maximum absolute atomic E-state index is 12.1. The first-order valence-corrected chi connectivity index (χ1v) is 8.28. The Kier molecular flexibility index (Phi) is 4.32. The van der Waals surface area contributed by atoms with Crippen LogP contribution in [0.5, 0.6) is 0 Å². The number of furan rings is 1. The minimum absolute atomic E-state index is 0.284. The number of carbonyl (C=O) groups excluding carboxylic acids is 2. The number of hydrogen-bond donors (Lipinski definition) is 1. The van der Waals surface area contributed by atoms with Crippen molar-refractivity contribution in [2.75, 3.05) is 31.1 Å². The number of benzene rings is 1. The van der Waals surface area contributed by atoms with E-state index in [1.165, 1.54) is 6.26 Å². The van der Waals surface area contributed by atoms with Gasteiger partial charge in [0.25, 0.3) is 5.91 Å². The van der Waals surface area contributed by atoms with Crippen LogP contribution in [0.15, 0.2) is 28.9 Å². The van der Waals surface area contributed by atoms with Crippen molar-refractivity contribution in [2.45, 2.75) is 26.4 Å². The molecule has 0 atom stereocenters. The molecular formula is C18H23N3O4. The Balaban J connectivity index is 1.71. The van der Waals surface area contributed by atoms with Gasteiger partial charge in [0.15, 0.2) is 0 Å². The molecule has 1 aliphatic heterocycles. The van der Waals surface area contributed by atoms with Crippen LogP contribution in [0.3, 0.4) is 0 Å². The molecule has 7 heteroatoms. The van der Waals surface area contributed by atoms with Crippen molar-refractivity contribution in [2.24, 2.45) is 5.73 Å². The van der Waals surface area contributed by atoms with Gasteiger partial charge in [-0.15, -0.1) is 0 Å². The average Bonchev–Trinajstić information content (AvgIpc) is 2.96. The van der Waals surface area contributed by atoms with E-state index in [0.717, 1.165) is 5.69 Å². The summed E-state index contributed by atoms with van der Waals surface area (Å²) in [7, 11) is 0. The van der Waals surface area contributed by atoms with Crippen molar-refractivity contribution in [1.82, 2.24) is 4.90 Å². The van der Waals surface area contributed by atoms with Gasteiger partial charge in [0.2, 0.25) is 0 Å². The number of anilines is 1. The quantitative estimate of drug-likeness (QED) is 0.904. The second-order valence-electron chi connectivity index (χ2n) is 7.15. The Morgan fingerprint density at radius 1 is 1.16 bits per heavy atom. The molecule has 2 N–H and O–H groups in total. The summed E-state index contributed by atoms with van der Waals surface area (Å²) >= 11 is 0. The molecule has 7 nitrogen and oxygen atoms in total. The highest BCUT2D eigenvalue weighted by Gasteiger charge is 2.26. The minimum atomic E-state index is -0.509. The SMILES string of the molecule is CC(C)(C)OC(=O)N1CCN(c2ccc3occ(C(N)=O)c3c2)CC1. The summed E-state index contributed by atoms with van der Waals surface area (Å²) in [6, 6.07) is 5.68. The first-order valence-electron chi connectivity index (χ1n) is 8.28. The van der Waals surface area contributed by atoms with Crippen molar-refractivity contribution in [3.8, 4) is 0 Å². The molecule has 25 heavy (non-hydrogen) atoms. The molecule has 2 aromatic rings. The summed E-state index contributed by atoms with van der Waals surface area (Å²) in [5, 5.41) is 0.708. The van der Waals surface area contributed by atoms with Crippen LogP contribution in [0.25, 0.3) is 11.0 Å². The molecule has 1 fully saturated rings. The van der Waals surface area contributed by atoms with Gasteiger partial charge < -0.3 is 24.7 Å². The molecule has 1 aliphatic rings. The standard InChI is InChI=1S/C18H23N3O4/c1-18(2,3)25-17(23)21-8-6-20(7-9-21)12-4-5-15-13(10-12)14(11-24-15)16(19)22/h4-5,10-11H,6-9H2,1-3H3,(H2,19,22). The molecule has 1 aromatic heterocycles. The molecule has 0 spiro atoms. The fraction of sp³-hybridized carbons (Fsp3) is 0.444. The largest absolute Gasteiger partial charge is 0.463 e. The Morgan fingerprint density at radius 3 is 2.44 bits per heavy atom. The maximum Gasteiger partial charge on any atom is 0.410 e. The predicted molar refractivity (Wildman–Crippen MR) is 94.8 cm³/mol. The molecule has 2 amide bonds. The van der Waals surface area contributed by atoms with Gasteiger partial charge in [0.05, 0.1) is 5.56 Å². The lowest BCUT2D eigenvalue weighted by molar-refractivity contribution is 0.0240. The van der Waals surface area contributed by atoms with Gasteiger partial charge in [0, 0.05) is 37.3 Å². The van der Waals surface area contributed by atoms with Crippen LogP contribution >= 0.6 is 0 Å². The monoisotopic (exact) mass is 345 g/mol. The summed E-state index contributed by atoms with van der Waals surface area (Å²) in [5.74, 6) is -0.509. The van der Waals surface area contributed by atoms with E-state index < -0.39 is 11.5 Å². The van der Waals surface area contributed by atoms with E-state index in [-0.39, 0.29) is 6.09 Å². The van der Waals surface area contributed by atoms with E-state index in [4.69, 9.17) is 14.9 Å². The summed E-state index contributed by atoms with van der Waals surface area (Å²) in [6.07, 6.45) is 1.10. The number of piperazine rings is 1. The minimum Gasteiger partial charge on any atom is -0.463 e. The van der Waals surface area contributed by atoms with Crippen molar-refractivity contribution in [1.29, 1.82) is 0 Å². The van der Waals surface area contributed by atoms with Gasteiger partial charge in [-0.05, 0) is 39.0 Å². The van der Waals surface area contributed by atoms with Gasteiger partial charge in [-0.3, -0.25) is 4.79 Å². The molecular weight excluding hydrogens is 322 g/mol. The molecule has 1 saturated heterocycles. The van der Waals surface area contributed by atoms with Gasteiger partial charge in [-0.2, -0.15) is 0 Å². The highest BCUT2D eigenvalue weighted by atomic mass is 16.6. The second-order valence-corrected chi connectivity index (χ2v) is 7.15. The van der Waals surface area contributed by atoms with Crippen LogP contribution in [-0.4, -0.2) is 48.7 Å². The zero-order valence-corrected chi connectivity index (χ0v) is 14.7. The van der Waals surface area contributed by atoms with Crippen molar-refractivity contribution in [3.63, 3.8) is 0 Å². The van der Waals surface area contributed by atoms with E-state index in [2.05, 4.69) is 4.90 Å². The number of ether oxygens (including phenoxy) is 1. The Bertz CT molecular complexity index is 798. The molecule has 2 heterocycles. The predicted octanol–water partition coefficient (Wildman–Crippen LogP) is 2.59. The molecule has 134 valence electrons. The molecule has 0 saturated carbocycles. The van der Waals surface area contributed by atoms with E-state index in [1.807, 2.05) is 39.0 Å². The summed E-state index contributed by atoms with van der Waals surface area (Å²) in [6.45, 7) is 8.12. The van der Waals surface area contributed by atoms with Crippen molar-refractivity contribution in [3.05, 3.63) is 30.0 Å². The van der Waals surface area contributed by atoms with Gasteiger partial charge in [-0.25, -0.2) is 4.79 Å². The molecule has 0 aliphatic carbocycles. The zero-order chi connectivity index (χ0) is 18.2. The molecule has 3 rings (SSSR count). The highest BCUT2D eigenvalue weighted by molar-refractivity contribution is 6.05. The third kappa shape index (κ3) is 3.70. The van der Waals surface area contributed by atoms with Gasteiger partial charge in [0.1, 0.15) is 17.4 Å². The fourth-order valence-corrected chi connectivity index (χ4v) is 2.88. The lowest BCUT2D eigenvalue weighted by Crippen LogP contribution is -2.50. The number of primary amides is 1. The third-order valence-electron chi connectivity index (χ3n) is 4.12. The number of nitrogens with two attached hydrogens (primary N) is 1. The number of amides is 2. The number of fused-ring (bicyclic) bond motifs is 1. The van der Waals surface area contributed by atoms with Crippen LogP contribution in [0.2, 0.25) is 0 Å². The fourth-order valence-electron chi connectivity index (χ4n) is 2.88. The average molecular weight is 345 g/mol. The third-order valence-corrected chi connectivity index (χ3v) is 4.12. The number of nitrogens with zero attached hydrogens (tertiary/aromatic N) is 2. The molecule has 0 unspecified atom stereocenters. The van der Waals surface area contributed by atoms with Crippen molar-refractivity contribution >= 4 is 28.7 Å². The highest BCUT2D eigenvalue weighted by Crippen LogP contribution is 2.27. The molecule has 0 bridgehead atoms. The van der Waals surface area contributed by atoms with E-state index in [1.54, 1.807) is 4.90 Å². The number of carbonyl (C=O) groups is 2.